The Balaban J connectivity index is 1.99. The van der Waals surface area contributed by atoms with Crippen molar-refractivity contribution in [1.82, 2.24) is 20.1 Å². The number of rotatable bonds is 2. The second-order valence-corrected chi connectivity index (χ2v) is 4.28. The molecule has 0 atom stereocenters. The van der Waals surface area contributed by atoms with E-state index in [1.807, 2.05) is 13.1 Å². The van der Waals surface area contributed by atoms with Crippen LogP contribution in [-0.4, -0.2) is 27.9 Å². The molecule has 1 N–H and O–H groups in total. The van der Waals surface area contributed by atoms with Gasteiger partial charge < -0.3 is 5.32 Å². The molecule has 5 heteroatoms. The van der Waals surface area contributed by atoms with Crippen molar-refractivity contribution in [2.45, 2.75) is 5.92 Å². The lowest BCUT2D eigenvalue weighted by Crippen LogP contribution is -2.40. The van der Waals surface area contributed by atoms with Crippen LogP contribution in [0.4, 0.5) is 4.39 Å². The molecule has 0 unspecified atom stereocenters. The first kappa shape index (κ1) is 10.4. The van der Waals surface area contributed by atoms with Gasteiger partial charge in [0.05, 0.1) is 0 Å². The van der Waals surface area contributed by atoms with E-state index >= 15 is 0 Å². The second-order valence-electron chi connectivity index (χ2n) is 4.28. The van der Waals surface area contributed by atoms with Crippen LogP contribution in [0.15, 0.2) is 24.3 Å². The molecule has 1 aliphatic heterocycles. The third kappa shape index (κ3) is 1.82. The third-order valence-electron chi connectivity index (χ3n) is 3.01. The van der Waals surface area contributed by atoms with Gasteiger partial charge in [-0.2, -0.15) is 5.10 Å². The van der Waals surface area contributed by atoms with E-state index in [0.717, 1.165) is 24.5 Å². The zero-order valence-corrected chi connectivity index (χ0v) is 9.52. The van der Waals surface area contributed by atoms with Gasteiger partial charge in [-0.05, 0) is 12.1 Å². The Morgan fingerprint density at radius 2 is 2.24 bits per heavy atom. The van der Waals surface area contributed by atoms with Crippen LogP contribution < -0.4 is 5.32 Å². The van der Waals surface area contributed by atoms with E-state index in [9.17, 15) is 4.39 Å². The number of aryl methyl sites for hydroxylation is 1. The number of halogens is 1. The molecule has 0 radical (unpaired) electrons. The van der Waals surface area contributed by atoms with E-state index in [2.05, 4.69) is 15.4 Å². The van der Waals surface area contributed by atoms with Crippen molar-refractivity contribution in [3.8, 4) is 11.4 Å². The minimum absolute atomic E-state index is 0.252. The van der Waals surface area contributed by atoms with E-state index in [0.29, 0.717) is 11.7 Å². The summed E-state index contributed by atoms with van der Waals surface area (Å²) in [6, 6.07) is 6.43. The molecule has 3 rings (SSSR count). The van der Waals surface area contributed by atoms with Crippen LogP contribution in [0.2, 0.25) is 0 Å². The quantitative estimate of drug-likeness (QED) is 0.849. The molecule has 2 aromatic rings. The van der Waals surface area contributed by atoms with E-state index in [-0.39, 0.29) is 5.82 Å². The summed E-state index contributed by atoms with van der Waals surface area (Å²) in [7, 11) is 1.84. The Bertz CT molecular complexity index is 545. The molecule has 0 spiro atoms. The first-order valence-electron chi connectivity index (χ1n) is 5.61. The Morgan fingerprint density at radius 3 is 2.88 bits per heavy atom. The van der Waals surface area contributed by atoms with Crippen molar-refractivity contribution in [2.24, 2.45) is 7.05 Å². The Hall–Kier alpha value is -1.75. The standard InChI is InChI=1S/C12H13FN4/c1-17-12(8-3-2-4-10(13)5-8)15-11(16-17)9-6-14-7-9/h2-5,9,14H,6-7H2,1H3. The van der Waals surface area contributed by atoms with Crippen molar-refractivity contribution >= 4 is 0 Å². The number of benzene rings is 1. The van der Waals surface area contributed by atoms with Gasteiger partial charge in [0, 0.05) is 31.6 Å². The first-order chi connectivity index (χ1) is 8.24. The van der Waals surface area contributed by atoms with Crippen molar-refractivity contribution in [2.75, 3.05) is 13.1 Å². The van der Waals surface area contributed by atoms with Crippen LogP contribution in [0.25, 0.3) is 11.4 Å². The van der Waals surface area contributed by atoms with Crippen LogP contribution >= 0.6 is 0 Å². The fourth-order valence-corrected chi connectivity index (χ4v) is 1.93. The maximum Gasteiger partial charge on any atom is 0.158 e. The van der Waals surface area contributed by atoms with E-state index in [1.165, 1.54) is 12.1 Å². The van der Waals surface area contributed by atoms with Gasteiger partial charge in [-0.15, -0.1) is 0 Å². The highest BCUT2D eigenvalue weighted by atomic mass is 19.1. The van der Waals surface area contributed by atoms with Crippen LogP contribution in [0, 0.1) is 5.82 Å². The predicted octanol–water partition coefficient (Wildman–Crippen LogP) is 1.31. The van der Waals surface area contributed by atoms with E-state index in [4.69, 9.17) is 0 Å². The molecule has 1 aromatic carbocycles. The van der Waals surface area contributed by atoms with Gasteiger partial charge in [-0.1, -0.05) is 12.1 Å². The van der Waals surface area contributed by atoms with Crippen molar-refractivity contribution in [3.05, 3.63) is 35.9 Å². The summed E-state index contributed by atoms with van der Waals surface area (Å²) >= 11 is 0. The molecule has 1 aliphatic rings. The van der Waals surface area contributed by atoms with Gasteiger partial charge in [0.1, 0.15) is 5.82 Å². The Labute approximate surface area is 98.5 Å². The molecular weight excluding hydrogens is 219 g/mol. The molecular formula is C12H13FN4. The summed E-state index contributed by atoms with van der Waals surface area (Å²) in [4.78, 5) is 4.49. The lowest BCUT2D eigenvalue weighted by Gasteiger charge is -2.23. The number of nitrogens with one attached hydrogen (secondary N) is 1. The highest BCUT2D eigenvalue weighted by molar-refractivity contribution is 5.55. The van der Waals surface area contributed by atoms with Crippen molar-refractivity contribution < 1.29 is 4.39 Å². The Kier molecular flexibility index (Phi) is 2.40. The van der Waals surface area contributed by atoms with E-state index < -0.39 is 0 Å². The average Bonchev–Trinajstić information content (AvgIpc) is 2.57. The maximum absolute atomic E-state index is 13.2. The third-order valence-corrected chi connectivity index (χ3v) is 3.01. The molecule has 0 saturated carbocycles. The van der Waals surface area contributed by atoms with Crippen LogP contribution in [0.3, 0.4) is 0 Å². The van der Waals surface area contributed by atoms with E-state index in [1.54, 1.807) is 10.7 Å². The van der Waals surface area contributed by atoms with Crippen LogP contribution in [0.1, 0.15) is 11.7 Å². The second kappa shape index (κ2) is 3.92. The summed E-state index contributed by atoms with van der Waals surface area (Å²) in [5.41, 5.74) is 0.763. The van der Waals surface area contributed by atoms with Gasteiger partial charge >= 0.3 is 0 Å². The lowest BCUT2D eigenvalue weighted by molar-refractivity contribution is 0.428. The summed E-state index contributed by atoms with van der Waals surface area (Å²) in [6.45, 7) is 1.85. The molecule has 17 heavy (non-hydrogen) atoms. The molecule has 0 amide bonds. The predicted molar refractivity (Wildman–Crippen MR) is 62.0 cm³/mol. The maximum atomic E-state index is 13.2. The molecule has 1 fully saturated rings. The molecule has 0 aliphatic carbocycles. The molecule has 1 aromatic heterocycles. The van der Waals surface area contributed by atoms with Gasteiger partial charge in [0.2, 0.25) is 0 Å². The topological polar surface area (TPSA) is 42.7 Å². The highest BCUT2D eigenvalue weighted by Crippen LogP contribution is 2.22. The zero-order valence-electron chi connectivity index (χ0n) is 9.52. The Morgan fingerprint density at radius 1 is 1.41 bits per heavy atom. The van der Waals surface area contributed by atoms with Crippen molar-refractivity contribution in [1.29, 1.82) is 0 Å². The summed E-state index contributed by atoms with van der Waals surface area (Å²) in [6.07, 6.45) is 0. The fourth-order valence-electron chi connectivity index (χ4n) is 1.93. The minimum atomic E-state index is -0.252. The fraction of sp³-hybridized carbons (Fsp3) is 0.333. The summed E-state index contributed by atoms with van der Waals surface area (Å²) in [5.74, 6) is 1.69. The molecule has 88 valence electrons. The monoisotopic (exact) mass is 232 g/mol. The van der Waals surface area contributed by atoms with Gasteiger partial charge in [-0.25, -0.2) is 14.1 Å². The van der Waals surface area contributed by atoms with Gasteiger partial charge in [-0.3, -0.25) is 0 Å². The summed E-state index contributed by atoms with van der Waals surface area (Å²) < 4.78 is 14.9. The number of hydrogen-bond donors (Lipinski definition) is 1. The normalized spacial score (nSPS) is 15.9. The SMILES string of the molecule is Cn1nc(C2CNC2)nc1-c1cccc(F)c1. The number of hydrogen-bond acceptors (Lipinski definition) is 3. The number of aromatic nitrogens is 3. The summed E-state index contributed by atoms with van der Waals surface area (Å²) in [5, 5.41) is 7.57. The van der Waals surface area contributed by atoms with Gasteiger partial charge in [0.25, 0.3) is 0 Å². The van der Waals surface area contributed by atoms with Crippen LogP contribution in [0.5, 0.6) is 0 Å². The van der Waals surface area contributed by atoms with Crippen LogP contribution in [-0.2, 0) is 7.05 Å². The lowest BCUT2D eigenvalue weighted by atomic mass is 10.0. The molecule has 1 saturated heterocycles. The van der Waals surface area contributed by atoms with Gasteiger partial charge in [0.15, 0.2) is 11.6 Å². The molecule has 4 nitrogen and oxygen atoms in total. The largest absolute Gasteiger partial charge is 0.315 e. The first-order valence-corrected chi connectivity index (χ1v) is 5.61. The molecule has 2 heterocycles. The smallest absolute Gasteiger partial charge is 0.158 e. The van der Waals surface area contributed by atoms with Crippen molar-refractivity contribution in [3.63, 3.8) is 0 Å². The highest BCUT2D eigenvalue weighted by Gasteiger charge is 2.24. The average molecular weight is 232 g/mol. The zero-order chi connectivity index (χ0) is 11.8. The minimum Gasteiger partial charge on any atom is -0.315 e. The number of nitrogens with zero attached hydrogens (tertiary/aromatic N) is 3. The molecule has 0 bridgehead atoms.